The Kier molecular flexibility index (Phi) is 4.66. The molecule has 2 aromatic heterocycles. The molecule has 0 unspecified atom stereocenters. The predicted octanol–water partition coefficient (Wildman–Crippen LogP) is 4.30. The van der Waals surface area contributed by atoms with Crippen LogP contribution in [0.15, 0.2) is 30.3 Å². The minimum atomic E-state index is -5.87. The number of aromatic hydroxyl groups is 1. The molecule has 0 fully saturated rings. The molecule has 0 aliphatic carbocycles. The van der Waals surface area contributed by atoms with Crippen molar-refractivity contribution >= 4 is 28.8 Å². The fraction of sp³-hybridized carbons (Fsp3) is 0.188. The summed E-state index contributed by atoms with van der Waals surface area (Å²) in [5.41, 5.74) is -2.56. The van der Waals surface area contributed by atoms with E-state index in [1.807, 2.05) is 0 Å². The van der Waals surface area contributed by atoms with E-state index in [1.165, 1.54) is 25.1 Å². The Balaban J connectivity index is 2.06. The molecule has 0 saturated carbocycles. The summed E-state index contributed by atoms with van der Waals surface area (Å²) >= 11 is 5.76. The number of amides is 1. The molecule has 2 heterocycles. The average Bonchev–Trinajstić information content (AvgIpc) is 3.00. The van der Waals surface area contributed by atoms with Crippen molar-refractivity contribution in [2.45, 2.75) is 19.0 Å². The number of hydrogen-bond acceptors (Lipinski definition) is 4. The number of aryl methyl sites for hydroxylation is 1. The van der Waals surface area contributed by atoms with Crippen LogP contribution in [0.2, 0.25) is 5.02 Å². The van der Waals surface area contributed by atoms with Crippen LogP contribution in [0.4, 0.5) is 27.6 Å². The second kappa shape index (κ2) is 6.59. The first-order valence-corrected chi connectivity index (χ1v) is 7.90. The van der Waals surface area contributed by atoms with Crippen molar-refractivity contribution in [2.75, 3.05) is 5.32 Å². The lowest BCUT2D eigenvalue weighted by Gasteiger charge is -2.20. The Labute approximate surface area is 158 Å². The van der Waals surface area contributed by atoms with Gasteiger partial charge in [0.05, 0.1) is 5.69 Å². The Morgan fingerprint density at radius 1 is 1.18 bits per heavy atom. The molecule has 3 aromatic rings. The van der Waals surface area contributed by atoms with Crippen molar-refractivity contribution in [1.82, 2.24) is 14.6 Å². The molecule has 28 heavy (non-hydrogen) atoms. The first-order chi connectivity index (χ1) is 12.9. The number of phenolic OH excluding ortho intramolecular Hbond substituents is 1. The topological polar surface area (TPSA) is 79.5 Å². The molecule has 3 rings (SSSR count). The minimum absolute atomic E-state index is 0.0976. The summed E-state index contributed by atoms with van der Waals surface area (Å²) in [7, 11) is 0. The molecule has 0 atom stereocenters. The Bertz CT molecular complexity index is 1080. The highest BCUT2D eigenvalue weighted by atomic mass is 35.5. The Morgan fingerprint density at radius 3 is 2.50 bits per heavy atom. The lowest BCUT2D eigenvalue weighted by Crippen LogP contribution is -2.36. The molecule has 12 heteroatoms. The average molecular weight is 421 g/mol. The van der Waals surface area contributed by atoms with E-state index in [0.717, 1.165) is 6.07 Å². The van der Waals surface area contributed by atoms with Gasteiger partial charge in [-0.2, -0.15) is 27.1 Å². The van der Waals surface area contributed by atoms with Crippen molar-refractivity contribution in [3.8, 4) is 5.75 Å². The largest absolute Gasteiger partial charge is 0.506 e. The summed E-state index contributed by atoms with van der Waals surface area (Å²) in [4.78, 5) is 16.1. The highest BCUT2D eigenvalue weighted by molar-refractivity contribution is 6.31. The summed E-state index contributed by atoms with van der Waals surface area (Å²) in [6.07, 6.45) is -5.87. The fourth-order valence-corrected chi connectivity index (χ4v) is 2.55. The van der Waals surface area contributed by atoms with Gasteiger partial charge < -0.3 is 10.4 Å². The van der Waals surface area contributed by atoms with Gasteiger partial charge in [0.25, 0.3) is 5.91 Å². The lowest BCUT2D eigenvalue weighted by molar-refractivity contribution is -0.291. The van der Waals surface area contributed by atoms with Crippen LogP contribution in [0.5, 0.6) is 5.75 Å². The van der Waals surface area contributed by atoms with E-state index < -0.39 is 29.4 Å². The number of halogens is 6. The van der Waals surface area contributed by atoms with Gasteiger partial charge in [-0.05, 0) is 31.2 Å². The molecular formula is C16H10ClF5N4O2. The lowest BCUT2D eigenvalue weighted by atomic mass is 10.2. The molecule has 0 radical (unpaired) electrons. The van der Waals surface area contributed by atoms with Crippen molar-refractivity contribution < 1.29 is 31.9 Å². The predicted molar refractivity (Wildman–Crippen MR) is 88.7 cm³/mol. The second-order valence-corrected chi connectivity index (χ2v) is 6.21. The highest BCUT2D eigenvalue weighted by Gasteiger charge is 2.60. The van der Waals surface area contributed by atoms with E-state index in [1.54, 1.807) is 0 Å². The number of nitrogens with one attached hydrogen (secondary N) is 1. The maximum atomic E-state index is 13.9. The third kappa shape index (κ3) is 3.44. The molecule has 148 valence electrons. The summed E-state index contributed by atoms with van der Waals surface area (Å²) < 4.78 is 66.3. The summed E-state index contributed by atoms with van der Waals surface area (Å²) in [5.74, 6) is -6.52. The highest BCUT2D eigenvalue weighted by Crippen LogP contribution is 2.43. The van der Waals surface area contributed by atoms with Gasteiger partial charge in [0.2, 0.25) is 0 Å². The number of carbonyl (C=O) groups excluding carboxylic acids is 1. The molecule has 2 N–H and O–H groups in total. The maximum Gasteiger partial charge on any atom is 0.459 e. The van der Waals surface area contributed by atoms with Crippen LogP contribution < -0.4 is 5.32 Å². The van der Waals surface area contributed by atoms with Crippen LogP contribution in [-0.2, 0) is 5.92 Å². The summed E-state index contributed by atoms with van der Waals surface area (Å²) in [6.45, 7) is 1.23. The van der Waals surface area contributed by atoms with E-state index in [2.05, 4.69) is 15.4 Å². The number of fused-ring (bicyclic) bond motifs is 1. The van der Waals surface area contributed by atoms with Crippen LogP contribution in [0.3, 0.4) is 0 Å². The normalized spacial score (nSPS) is 12.4. The van der Waals surface area contributed by atoms with Gasteiger partial charge in [0.1, 0.15) is 11.4 Å². The van der Waals surface area contributed by atoms with Crippen molar-refractivity contribution in [2.24, 2.45) is 0 Å². The van der Waals surface area contributed by atoms with E-state index in [-0.39, 0.29) is 32.3 Å². The number of hydrogen-bond donors (Lipinski definition) is 2. The quantitative estimate of drug-likeness (QED) is 0.489. The van der Waals surface area contributed by atoms with Crippen molar-refractivity contribution in [3.63, 3.8) is 0 Å². The molecule has 0 saturated heterocycles. The van der Waals surface area contributed by atoms with E-state index in [4.69, 9.17) is 11.6 Å². The molecule has 0 aliphatic heterocycles. The van der Waals surface area contributed by atoms with Gasteiger partial charge >= 0.3 is 12.1 Å². The number of nitrogens with zero attached hydrogens (tertiary/aromatic N) is 3. The van der Waals surface area contributed by atoms with E-state index in [9.17, 15) is 31.9 Å². The molecule has 0 aliphatic rings. The molecule has 6 nitrogen and oxygen atoms in total. The number of alkyl halides is 5. The van der Waals surface area contributed by atoms with Crippen molar-refractivity contribution in [1.29, 1.82) is 0 Å². The van der Waals surface area contributed by atoms with Crippen molar-refractivity contribution in [3.05, 3.63) is 52.4 Å². The van der Waals surface area contributed by atoms with Gasteiger partial charge in [-0.25, -0.2) is 9.50 Å². The monoisotopic (exact) mass is 420 g/mol. The van der Waals surface area contributed by atoms with E-state index >= 15 is 0 Å². The molecule has 1 aromatic carbocycles. The molecular weight excluding hydrogens is 411 g/mol. The number of aromatic nitrogens is 3. The third-order valence-electron chi connectivity index (χ3n) is 3.67. The summed E-state index contributed by atoms with van der Waals surface area (Å²) in [6, 6.07) is 5.26. The zero-order valence-corrected chi connectivity index (χ0v) is 14.6. The smallest absolute Gasteiger partial charge is 0.459 e. The van der Waals surface area contributed by atoms with Gasteiger partial charge in [-0.3, -0.25) is 4.79 Å². The number of rotatable bonds is 3. The number of benzene rings is 1. The van der Waals surface area contributed by atoms with Gasteiger partial charge in [0, 0.05) is 16.8 Å². The minimum Gasteiger partial charge on any atom is -0.506 e. The van der Waals surface area contributed by atoms with E-state index in [0.29, 0.717) is 6.07 Å². The zero-order chi connectivity index (χ0) is 20.9. The zero-order valence-electron chi connectivity index (χ0n) is 13.9. The van der Waals surface area contributed by atoms with Gasteiger partial charge in [-0.1, -0.05) is 11.6 Å². The maximum absolute atomic E-state index is 13.9. The number of phenols is 1. The third-order valence-corrected chi connectivity index (χ3v) is 3.91. The second-order valence-electron chi connectivity index (χ2n) is 5.77. The Hall–Kier alpha value is -2.95. The van der Waals surface area contributed by atoms with Crippen LogP contribution in [0.1, 0.15) is 21.9 Å². The first kappa shape index (κ1) is 19.8. The molecule has 0 spiro atoms. The standard InChI is InChI=1S/C16H10ClF5N4O2/c1-7-4-12(15(18,19)16(20,21)22)26-13(23-7)6-10(25-26)14(28)24-9-5-8(17)2-3-11(9)27/h2-6,27H,1H3,(H,24,28). The van der Waals surface area contributed by atoms with Crippen LogP contribution in [-0.4, -0.2) is 31.8 Å². The van der Waals surface area contributed by atoms with Gasteiger partial charge in [0.15, 0.2) is 11.3 Å². The SMILES string of the molecule is Cc1cc(C(F)(F)C(F)(F)F)n2nc(C(=O)Nc3cc(Cl)ccc3O)cc2n1. The van der Waals surface area contributed by atoms with Crippen LogP contribution in [0.25, 0.3) is 5.65 Å². The summed E-state index contributed by atoms with van der Waals surface area (Å²) in [5, 5.41) is 15.7. The fourth-order valence-electron chi connectivity index (χ4n) is 2.37. The van der Waals surface area contributed by atoms with Crippen LogP contribution >= 0.6 is 11.6 Å². The number of anilines is 1. The number of carbonyl (C=O) groups is 1. The molecule has 1 amide bonds. The Morgan fingerprint density at radius 2 is 1.86 bits per heavy atom. The first-order valence-electron chi connectivity index (χ1n) is 7.52. The van der Waals surface area contributed by atoms with Crippen LogP contribution in [0, 0.1) is 6.92 Å². The molecule has 0 bridgehead atoms. The van der Waals surface area contributed by atoms with Gasteiger partial charge in [-0.15, -0.1) is 0 Å².